The van der Waals surface area contributed by atoms with Crippen LogP contribution in [0.1, 0.15) is 0 Å². The summed E-state index contributed by atoms with van der Waals surface area (Å²) in [6.07, 6.45) is -0.120. The number of carbonyl (C=O) groups excluding carboxylic acids is 1. The van der Waals surface area contributed by atoms with Crippen molar-refractivity contribution in [1.29, 1.82) is 0 Å². The van der Waals surface area contributed by atoms with Gasteiger partial charge in [-0.3, -0.25) is 4.79 Å². The molecule has 1 atom stereocenters. The molecule has 1 fully saturated rings. The topological polar surface area (TPSA) is 32.8 Å². The first-order chi connectivity index (χ1) is 3.72. The monoisotopic (exact) mass is 115 g/mol. The molecule has 0 saturated carbocycles. The van der Waals surface area contributed by atoms with Crippen LogP contribution in [0, 0.1) is 0 Å². The number of rotatable bonds is 1. The van der Waals surface area contributed by atoms with E-state index in [1.54, 1.807) is 14.1 Å². The van der Waals surface area contributed by atoms with Crippen LogP contribution in [0.3, 0.4) is 0 Å². The van der Waals surface area contributed by atoms with E-state index >= 15 is 0 Å². The third-order valence-electron chi connectivity index (χ3n) is 1.05. The van der Waals surface area contributed by atoms with Crippen molar-refractivity contribution in [3.05, 3.63) is 0 Å². The van der Waals surface area contributed by atoms with Gasteiger partial charge >= 0.3 is 0 Å². The van der Waals surface area contributed by atoms with E-state index in [1.807, 2.05) is 0 Å². The number of hydrogen-bond donors (Lipinski definition) is 0. The standard InChI is InChI=1S/C5H9NO2/c1-6(2)5(7)4-3-8-4/h4H,3H2,1-2H3. The summed E-state index contributed by atoms with van der Waals surface area (Å²) in [6.45, 7) is 0.608. The van der Waals surface area contributed by atoms with Gasteiger partial charge in [-0.2, -0.15) is 0 Å². The highest BCUT2D eigenvalue weighted by Crippen LogP contribution is 2.10. The van der Waals surface area contributed by atoms with Crippen LogP contribution in [0.5, 0.6) is 0 Å². The summed E-state index contributed by atoms with van der Waals surface area (Å²) in [7, 11) is 3.45. The lowest BCUT2D eigenvalue weighted by Crippen LogP contribution is -2.26. The Morgan fingerprint density at radius 3 is 2.38 bits per heavy atom. The van der Waals surface area contributed by atoms with Gasteiger partial charge in [0.1, 0.15) is 0 Å². The third kappa shape index (κ3) is 0.980. The van der Waals surface area contributed by atoms with Crippen LogP contribution < -0.4 is 0 Å². The lowest BCUT2D eigenvalue weighted by molar-refractivity contribution is -0.129. The lowest BCUT2D eigenvalue weighted by atomic mass is 10.4. The fraction of sp³-hybridized carbons (Fsp3) is 0.800. The number of likely N-dealkylation sites (N-methyl/N-ethyl adjacent to an activating group) is 1. The minimum absolute atomic E-state index is 0.0741. The zero-order valence-electron chi connectivity index (χ0n) is 5.05. The van der Waals surface area contributed by atoms with Gasteiger partial charge in [0, 0.05) is 14.1 Å². The molecule has 1 amide bonds. The Hall–Kier alpha value is -0.570. The molecule has 0 aromatic carbocycles. The molecule has 3 heteroatoms. The van der Waals surface area contributed by atoms with E-state index in [9.17, 15) is 4.79 Å². The summed E-state index contributed by atoms with van der Waals surface area (Å²) < 4.78 is 4.74. The number of carbonyl (C=O) groups is 1. The Morgan fingerprint density at radius 1 is 1.75 bits per heavy atom. The second-order valence-corrected chi connectivity index (χ2v) is 2.05. The number of ether oxygens (including phenoxy) is 1. The zero-order valence-corrected chi connectivity index (χ0v) is 5.05. The normalized spacial score (nSPS) is 25.0. The van der Waals surface area contributed by atoms with Crippen LogP contribution in [0.2, 0.25) is 0 Å². The van der Waals surface area contributed by atoms with Crippen molar-refractivity contribution >= 4 is 5.91 Å². The van der Waals surface area contributed by atoms with E-state index in [2.05, 4.69) is 0 Å². The molecule has 8 heavy (non-hydrogen) atoms. The maximum Gasteiger partial charge on any atom is 0.253 e. The Bertz CT molecular complexity index is 103. The Morgan fingerprint density at radius 2 is 2.25 bits per heavy atom. The van der Waals surface area contributed by atoms with E-state index in [4.69, 9.17) is 4.74 Å². The SMILES string of the molecule is CN(C)C(=O)C1CO1. The molecule has 0 aromatic heterocycles. The Labute approximate surface area is 48.2 Å². The summed E-state index contributed by atoms with van der Waals surface area (Å²) in [6, 6.07) is 0. The summed E-state index contributed by atoms with van der Waals surface area (Å²) in [5, 5.41) is 0. The summed E-state index contributed by atoms with van der Waals surface area (Å²) >= 11 is 0. The zero-order chi connectivity index (χ0) is 6.15. The molecule has 1 aliphatic heterocycles. The molecule has 0 N–H and O–H groups in total. The van der Waals surface area contributed by atoms with Crippen molar-refractivity contribution < 1.29 is 9.53 Å². The van der Waals surface area contributed by atoms with Gasteiger partial charge in [0.2, 0.25) is 0 Å². The summed E-state index contributed by atoms with van der Waals surface area (Å²) in [4.78, 5) is 12.2. The lowest BCUT2D eigenvalue weighted by Gasteiger charge is -2.05. The van der Waals surface area contributed by atoms with Crippen LogP contribution in [-0.4, -0.2) is 37.6 Å². The average Bonchev–Trinajstić information content (AvgIpc) is 2.43. The van der Waals surface area contributed by atoms with Crippen molar-refractivity contribution in [2.24, 2.45) is 0 Å². The van der Waals surface area contributed by atoms with Crippen LogP contribution in [0.4, 0.5) is 0 Å². The molecular weight excluding hydrogens is 106 g/mol. The number of hydrogen-bond acceptors (Lipinski definition) is 2. The van der Waals surface area contributed by atoms with Gasteiger partial charge in [0.05, 0.1) is 6.61 Å². The fourth-order valence-electron chi connectivity index (χ4n) is 0.479. The molecule has 1 saturated heterocycles. The highest BCUT2D eigenvalue weighted by molar-refractivity contribution is 5.82. The van der Waals surface area contributed by atoms with Gasteiger partial charge in [-0.1, -0.05) is 0 Å². The number of epoxide rings is 1. The van der Waals surface area contributed by atoms with Crippen molar-refractivity contribution in [2.75, 3.05) is 20.7 Å². The highest BCUT2D eigenvalue weighted by atomic mass is 16.6. The molecule has 1 unspecified atom stereocenters. The number of nitrogens with zero attached hydrogens (tertiary/aromatic N) is 1. The van der Waals surface area contributed by atoms with Crippen molar-refractivity contribution in [3.63, 3.8) is 0 Å². The summed E-state index contributed by atoms with van der Waals surface area (Å²) in [5.74, 6) is 0.0741. The van der Waals surface area contributed by atoms with Gasteiger partial charge < -0.3 is 9.64 Å². The Balaban J connectivity index is 2.33. The molecule has 0 radical (unpaired) electrons. The maximum atomic E-state index is 10.7. The first-order valence-electron chi connectivity index (χ1n) is 2.54. The molecule has 1 aliphatic rings. The van der Waals surface area contributed by atoms with E-state index < -0.39 is 0 Å². The minimum atomic E-state index is -0.120. The van der Waals surface area contributed by atoms with Crippen LogP contribution in [0.15, 0.2) is 0 Å². The molecular formula is C5H9NO2. The second-order valence-electron chi connectivity index (χ2n) is 2.05. The first-order valence-corrected chi connectivity index (χ1v) is 2.54. The van der Waals surface area contributed by atoms with Crippen LogP contribution >= 0.6 is 0 Å². The minimum Gasteiger partial charge on any atom is -0.363 e. The van der Waals surface area contributed by atoms with Crippen LogP contribution in [-0.2, 0) is 9.53 Å². The predicted molar refractivity (Wildman–Crippen MR) is 28.4 cm³/mol. The quantitative estimate of drug-likeness (QED) is 0.430. The van der Waals surface area contributed by atoms with Gasteiger partial charge in [-0.25, -0.2) is 0 Å². The third-order valence-corrected chi connectivity index (χ3v) is 1.05. The highest BCUT2D eigenvalue weighted by Gasteiger charge is 2.32. The largest absolute Gasteiger partial charge is 0.363 e. The van der Waals surface area contributed by atoms with E-state index in [0.717, 1.165) is 0 Å². The molecule has 46 valence electrons. The van der Waals surface area contributed by atoms with E-state index in [0.29, 0.717) is 6.61 Å². The first kappa shape index (κ1) is 5.56. The molecule has 1 heterocycles. The van der Waals surface area contributed by atoms with Crippen molar-refractivity contribution in [2.45, 2.75) is 6.10 Å². The van der Waals surface area contributed by atoms with Crippen molar-refractivity contribution in [3.8, 4) is 0 Å². The number of amides is 1. The molecule has 0 bridgehead atoms. The molecule has 0 aliphatic carbocycles. The van der Waals surface area contributed by atoms with Crippen molar-refractivity contribution in [1.82, 2.24) is 4.90 Å². The maximum absolute atomic E-state index is 10.7. The van der Waals surface area contributed by atoms with Gasteiger partial charge in [0.15, 0.2) is 6.10 Å². The summed E-state index contributed by atoms with van der Waals surface area (Å²) in [5.41, 5.74) is 0. The molecule has 3 nitrogen and oxygen atoms in total. The molecule has 0 spiro atoms. The smallest absolute Gasteiger partial charge is 0.253 e. The fourth-order valence-corrected chi connectivity index (χ4v) is 0.479. The molecule has 1 rings (SSSR count). The molecule has 0 aromatic rings. The average molecular weight is 115 g/mol. The van der Waals surface area contributed by atoms with Gasteiger partial charge in [-0.05, 0) is 0 Å². The van der Waals surface area contributed by atoms with E-state index in [1.165, 1.54) is 4.90 Å². The predicted octanol–water partition coefficient (Wildman–Crippen LogP) is -0.527. The Kier molecular flexibility index (Phi) is 1.21. The van der Waals surface area contributed by atoms with Gasteiger partial charge in [0.25, 0.3) is 5.91 Å². The van der Waals surface area contributed by atoms with Crippen LogP contribution in [0.25, 0.3) is 0 Å². The second kappa shape index (κ2) is 1.74. The van der Waals surface area contributed by atoms with Gasteiger partial charge in [-0.15, -0.1) is 0 Å². The van der Waals surface area contributed by atoms with E-state index in [-0.39, 0.29) is 12.0 Å².